The highest BCUT2D eigenvalue weighted by atomic mass is 16.6. The summed E-state index contributed by atoms with van der Waals surface area (Å²) in [5.74, 6) is -0.00872. The van der Waals surface area contributed by atoms with Crippen molar-refractivity contribution in [1.29, 1.82) is 0 Å². The smallest absolute Gasteiger partial charge is 0.415 e. The van der Waals surface area contributed by atoms with E-state index in [-0.39, 0.29) is 18.3 Å². The lowest BCUT2D eigenvalue weighted by Gasteiger charge is -2.39. The van der Waals surface area contributed by atoms with Gasteiger partial charge in [0.1, 0.15) is 12.4 Å². The lowest BCUT2D eigenvalue weighted by molar-refractivity contribution is -0.159. The maximum atomic E-state index is 13.5. The second-order valence-corrected chi connectivity index (χ2v) is 11.7. The number of likely N-dealkylation sites (tertiary alicyclic amines) is 2. The molecule has 0 saturated carbocycles. The lowest BCUT2D eigenvalue weighted by Crippen LogP contribution is -2.48. The predicted octanol–water partition coefficient (Wildman–Crippen LogP) is 4.18. The molecule has 7 rings (SSSR count). The fourth-order valence-corrected chi connectivity index (χ4v) is 7.23. The van der Waals surface area contributed by atoms with Crippen molar-refractivity contribution in [2.45, 2.75) is 70.7 Å². The summed E-state index contributed by atoms with van der Waals surface area (Å²) in [6.45, 7) is 6.15. The van der Waals surface area contributed by atoms with E-state index in [1.807, 2.05) is 23.1 Å². The summed E-state index contributed by atoms with van der Waals surface area (Å²) >= 11 is 0. The fourth-order valence-electron chi connectivity index (χ4n) is 7.23. The standard InChI is InChI=1S/C32H36N4O6/c1-3-21-22-15-20(42-32(39)35-13-9-19(10-14-35)34-11-5-4-6-12-34)7-8-26(22)33-28-24(21)17-36-27(28)16-23-25(30(36)37)18-41-31(38)29(23)40-2/h7-8,15-16,19,29H,3-6,9-14,17-18H2,1-2H3/t29-/m0/s1. The fraction of sp³-hybridized carbons (Fsp3) is 0.500. The number of esters is 1. The topological polar surface area (TPSA) is 103 Å². The van der Waals surface area contributed by atoms with Crippen molar-refractivity contribution < 1.29 is 23.8 Å². The average Bonchev–Trinajstić information content (AvgIpc) is 3.38. The molecule has 42 heavy (non-hydrogen) atoms. The molecule has 0 bridgehead atoms. The number of carbonyl (C=O) groups is 2. The third kappa shape index (κ3) is 4.48. The van der Waals surface area contributed by atoms with Crippen LogP contribution in [-0.2, 0) is 33.8 Å². The molecule has 10 heteroatoms. The Labute approximate surface area is 244 Å². The average molecular weight is 573 g/mol. The summed E-state index contributed by atoms with van der Waals surface area (Å²) < 4.78 is 18.2. The van der Waals surface area contributed by atoms with Crippen molar-refractivity contribution in [3.63, 3.8) is 0 Å². The van der Waals surface area contributed by atoms with Crippen LogP contribution in [0.5, 0.6) is 5.75 Å². The van der Waals surface area contributed by atoms with Crippen LogP contribution in [0, 0.1) is 0 Å². The van der Waals surface area contributed by atoms with Gasteiger partial charge in [0.2, 0.25) is 0 Å². The number of piperidine rings is 2. The van der Waals surface area contributed by atoms with Gasteiger partial charge in [0, 0.05) is 42.8 Å². The molecule has 4 aliphatic heterocycles. The summed E-state index contributed by atoms with van der Waals surface area (Å²) in [6.07, 6.45) is 5.31. The Kier molecular flexibility index (Phi) is 6.98. The number of hydrogen-bond donors (Lipinski definition) is 0. The SMILES string of the molecule is CCc1c2c(nc3ccc(OC(=O)N4CCC(N5CCCCC5)CC4)cc13)-c1cc3c(c(=O)n1C2)COC(=O)[C@H]3OC. The van der Waals surface area contributed by atoms with Crippen LogP contribution >= 0.6 is 0 Å². The molecule has 1 aromatic carbocycles. The second-order valence-electron chi connectivity index (χ2n) is 11.7. The predicted molar refractivity (Wildman–Crippen MR) is 156 cm³/mol. The van der Waals surface area contributed by atoms with E-state index in [9.17, 15) is 14.4 Å². The minimum atomic E-state index is -0.935. The first-order chi connectivity index (χ1) is 20.5. The van der Waals surface area contributed by atoms with Gasteiger partial charge < -0.3 is 28.6 Å². The molecule has 6 heterocycles. The van der Waals surface area contributed by atoms with Crippen LogP contribution in [-0.4, -0.2) is 70.7 Å². The van der Waals surface area contributed by atoms with Crippen molar-refractivity contribution in [2.24, 2.45) is 0 Å². The van der Waals surface area contributed by atoms with Gasteiger partial charge in [-0.05, 0) is 75.0 Å². The summed E-state index contributed by atoms with van der Waals surface area (Å²) in [5.41, 5.74) is 4.98. The Balaban J connectivity index is 1.15. The van der Waals surface area contributed by atoms with Crippen molar-refractivity contribution >= 4 is 23.0 Å². The number of carbonyl (C=O) groups excluding carboxylic acids is 2. The number of benzene rings is 1. The normalized spacial score (nSPS) is 20.7. The number of cyclic esters (lactones) is 1. The van der Waals surface area contributed by atoms with Gasteiger partial charge in [-0.3, -0.25) is 4.79 Å². The van der Waals surface area contributed by atoms with E-state index in [0.29, 0.717) is 54.7 Å². The highest BCUT2D eigenvalue weighted by Gasteiger charge is 2.36. The van der Waals surface area contributed by atoms with E-state index < -0.39 is 12.1 Å². The van der Waals surface area contributed by atoms with Crippen molar-refractivity contribution in [1.82, 2.24) is 19.4 Å². The van der Waals surface area contributed by atoms with Gasteiger partial charge in [-0.2, -0.15) is 0 Å². The minimum Gasteiger partial charge on any atom is -0.458 e. The van der Waals surface area contributed by atoms with Crippen LogP contribution in [0.2, 0.25) is 0 Å². The highest BCUT2D eigenvalue weighted by Crippen LogP contribution is 2.39. The molecule has 0 unspecified atom stereocenters. The van der Waals surface area contributed by atoms with Crippen LogP contribution in [0.25, 0.3) is 22.3 Å². The van der Waals surface area contributed by atoms with Crippen LogP contribution in [0.3, 0.4) is 0 Å². The molecule has 2 fully saturated rings. The van der Waals surface area contributed by atoms with E-state index in [0.717, 1.165) is 40.6 Å². The van der Waals surface area contributed by atoms with Crippen molar-refractivity contribution in [3.05, 3.63) is 56.9 Å². The number of ether oxygens (including phenoxy) is 3. The summed E-state index contributed by atoms with van der Waals surface area (Å²) in [4.78, 5) is 48.3. The second kappa shape index (κ2) is 10.8. The van der Waals surface area contributed by atoms with E-state index in [1.165, 1.54) is 39.5 Å². The molecule has 0 spiro atoms. The largest absolute Gasteiger partial charge is 0.458 e. The van der Waals surface area contributed by atoms with E-state index in [4.69, 9.17) is 19.2 Å². The van der Waals surface area contributed by atoms with Crippen LogP contribution in [0.1, 0.15) is 67.4 Å². The first kappa shape index (κ1) is 27.1. The van der Waals surface area contributed by atoms with E-state index in [2.05, 4.69) is 11.8 Å². The van der Waals surface area contributed by atoms with E-state index in [1.54, 1.807) is 10.6 Å². The third-order valence-electron chi connectivity index (χ3n) is 9.45. The number of pyridine rings is 2. The molecule has 2 aromatic heterocycles. The Hall–Kier alpha value is -3.76. The Morgan fingerprint density at radius 1 is 1.05 bits per heavy atom. The van der Waals surface area contributed by atoms with Gasteiger partial charge in [-0.1, -0.05) is 13.3 Å². The lowest BCUT2D eigenvalue weighted by atomic mass is 9.97. The molecule has 10 nitrogen and oxygen atoms in total. The third-order valence-corrected chi connectivity index (χ3v) is 9.45. The summed E-state index contributed by atoms with van der Waals surface area (Å²) in [5, 5.41) is 0.907. The monoisotopic (exact) mass is 572 g/mol. The number of hydrogen-bond acceptors (Lipinski definition) is 8. The van der Waals surface area contributed by atoms with E-state index >= 15 is 0 Å². The van der Waals surface area contributed by atoms with Gasteiger partial charge in [-0.25, -0.2) is 14.6 Å². The molecule has 0 N–H and O–H groups in total. The first-order valence-electron chi connectivity index (χ1n) is 15.1. The number of fused-ring (bicyclic) bond motifs is 5. The van der Waals surface area contributed by atoms with Crippen molar-refractivity contribution in [2.75, 3.05) is 33.3 Å². The van der Waals surface area contributed by atoms with Crippen molar-refractivity contribution in [3.8, 4) is 17.1 Å². The molecule has 1 amide bonds. The Morgan fingerprint density at radius 2 is 1.83 bits per heavy atom. The Bertz CT molecular complexity index is 1630. The number of nitrogens with zero attached hydrogens (tertiary/aromatic N) is 4. The molecule has 0 aliphatic carbocycles. The number of aryl methyl sites for hydroxylation is 1. The van der Waals surface area contributed by atoms with Crippen LogP contribution < -0.4 is 10.3 Å². The number of aromatic nitrogens is 2. The molecule has 0 radical (unpaired) electrons. The zero-order valence-corrected chi connectivity index (χ0v) is 24.2. The molecule has 2 saturated heterocycles. The van der Waals surface area contributed by atoms with Crippen LogP contribution in [0.15, 0.2) is 29.1 Å². The summed E-state index contributed by atoms with van der Waals surface area (Å²) in [6, 6.07) is 7.95. The van der Waals surface area contributed by atoms with Gasteiger partial charge in [0.15, 0.2) is 6.10 Å². The molecular weight excluding hydrogens is 536 g/mol. The van der Waals surface area contributed by atoms with Gasteiger partial charge in [-0.15, -0.1) is 0 Å². The zero-order chi connectivity index (χ0) is 29.0. The molecule has 1 atom stereocenters. The molecule has 4 aliphatic rings. The number of amides is 1. The quantitative estimate of drug-likeness (QED) is 0.336. The maximum Gasteiger partial charge on any atom is 0.415 e. The number of rotatable bonds is 4. The van der Waals surface area contributed by atoms with Gasteiger partial charge in [0.25, 0.3) is 5.56 Å². The number of methoxy groups -OCH3 is 1. The van der Waals surface area contributed by atoms with Gasteiger partial charge >= 0.3 is 12.1 Å². The van der Waals surface area contributed by atoms with Gasteiger partial charge in [0.05, 0.1) is 29.0 Å². The maximum absolute atomic E-state index is 13.5. The first-order valence-corrected chi connectivity index (χ1v) is 15.1. The zero-order valence-electron chi connectivity index (χ0n) is 24.2. The van der Waals surface area contributed by atoms with Crippen LogP contribution in [0.4, 0.5) is 4.79 Å². The summed E-state index contributed by atoms with van der Waals surface area (Å²) in [7, 11) is 1.43. The minimum absolute atomic E-state index is 0.0653. The molecular formula is C32H36N4O6. The Morgan fingerprint density at radius 3 is 2.57 bits per heavy atom. The highest BCUT2D eigenvalue weighted by molar-refractivity contribution is 5.90. The molecule has 3 aromatic rings. The molecule has 220 valence electrons.